The van der Waals surface area contributed by atoms with E-state index in [-0.39, 0.29) is 35.9 Å². The van der Waals surface area contributed by atoms with E-state index in [1.54, 1.807) is 0 Å². The Kier molecular flexibility index (Phi) is 5.98. The number of hydrogen-bond acceptors (Lipinski definition) is 3. The molecule has 1 aliphatic rings. The molecule has 1 fully saturated rings. The lowest BCUT2D eigenvalue weighted by molar-refractivity contribution is -0.129. The monoisotopic (exact) mass is 269 g/mol. The summed E-state index contributed by atoms with van der Waals surface area (Å²) >= 11 is 0. The zero-order valence-corrected chi connectivity index (χ0v) is 12.7. The maximum Gasteiger partial charge on any atom is 0.220 e. The van der Waals surface area contributed by atoms with Crippen LogP contribution in [0, 0.1) is 11.8 Å². The van der Waals surface area contributed by atoms with Gasteiger partial charge in [-0.1, -0.05) is 13.8 Å². The summed E-state index contributed by atoms with van der Waals surface area (Å²) in [6.07, 6.45) is 2.77. The molecular formula is C15H27NO3. The first-order valence-electron chi connectivity index (χ1n) is 7.24. The van der Waals surface area contributed by atoms with Crippen LogP contribution in [0.5, 0.6) is 0 Å². The van der Waals surface area contributed by atoms with Gasteiger partial charge < -0.3 is 10.1 Å². The van der Waals surface area contributed by atoms with Crippen molar-refractivity contribution in [2.45, 2.75) is 72.1 Å². The number of carbonyl (C=O) groups is 2. The molecule has 1 heterocycles. The number of rotatable bonds is 5. The lowest BCUT2D eigenvalue weighted by Crippen LogP contribution is -2.44. The molecule has 0 spiro atoms. The number of amides is 1. The summed E-state index contributed by atoms with van der Waals surface area (Å²) in [5.74, 6) is 0.504. The van der Waals surface area contributed by atoms with Gasteiger partial charge in [-0.15, -0.1) is 0 Å². The van der Waals surface area contributed by atoms with E-state index in [0.29, 0.717) is 12.3 Å². The van der Waals surface area contributed by atoms with Gasteiger partial charge in [0.05, 0.1) is 18.2 Å². The predicted octanol–water partition coefficient (Wildman–Crippen LogP) is 2.31. The van der Waals surface area contributed by atoms with Crippen molar-refractivity contribution in [3.8, 4) is 0 Å². The van der Waals surface area contributed by atoms with Crippen LogP contribution in [0.2, 0.25) is 0 Å². The van der Waals surface area contributed by atoms with Crippen molar-refractivity contribution in [1.29, 1.82) is 0 Å². The van der Waals surface area contributed by atoms with E-state index in [0.717, 1.165) is 12.8 Å². The molecule has 110 valence electrons. The molecule has 4 heteroatoms. The molecule has 1 aliphatic heterocycles. The largest absolute Gasteiger partial charge is 0.376 e. The van der Waals surface area contributed by atoms with E-state index < -0.39 is 0 Å². The second kappa shape index (κ2) is 7.04. The molecule has 0 saturated carbocycles. The normalized spacial score (nSPS) is 29.1. The van der Waals surface area contributed by atoms with Crippen LogP contribution in [0.4, 0.5) is 0 Å². The van der Waals surface area contributed by atoms with Gasteiger partial charge in [0.2, 0.25) is 5.91 Å². The Labute approximate surface area is 116 Å². The van der Waals surface area contributed by atoms with Gasteiger partial charge in [0.15, 0.2) is 5.78 Å². The van der Waals surface area contributed by atoms with E-state index in [9.17, 15) is 9.59 Å². The van der Waals surface area contributed by atoms with Gasteiger partial charge in [-0.25, -0.2) is 0 Å². The smallest absolute Gasteiger partial charge is 0.220 e. The fourth-order valence-corrected chi connectivity index (χ4v) is 2.94. The third-order valence-electron chi connectivity index (χ3n) is 3.69. The zero-order chi connectivity index (χ0) is 14.6. The fourth-order valence-electron chi connectivity index (χ4n) is 2.94. The number of nitrogens with one attached hydrogen (secondary N) is 1. The Morgan fingerprint density at radius 1 is 1.21 bits per heavy atom. The van der Waals surface area contributed by atoms with Crippen LogP contribution in [0.15, 0.2) is 0 Å². The van der Waals surface area contributed by atoms with Crippen LogP contribution in [-0.2, 0) is 14.3 Å². The summed E-state index contributed by atoms with van der Waals surface area (Å²) in [5, 5.41) is 2.86. The highest BCUT2D eigenvalue weighted by molar-refractivity contribution is 5.87. The molecule has 1 saturated heterocycles. The number of ketones is 1. The first-order chi connectivity index (χ1) is 8.79. The molecule has 0 aromatic carbocycles. The average Bonchev–Trinajstić information content (AvgIpc) is 2.23. The Morgan fingerprint density at radius 3 is 2.16 bits per heavy atom. The topological polar surface area (TPSA) is 55.4 Å². The zero-order valence-electron chi connectivity index (χ0n) is 12.7. The molecular weight excluding hydrogens is 242 g/mol. The first-order valence-corrected chi connectivity index (χ1v) is 7.24. The van der Waals surface area contributed by atoms with Crippen LogP contribution in [-0.4, -0.2) is 29.9 Å². The van der Waals surface area contributed by atoms with Crippen LogP contribution in [0.3, 0.4) is 0 Å². The van der Waals surface area contributed by atoms with E-state index in [2.05, 4.69) is 5.32 Å². The predicted molar refractivity (Wildman–Crippen MR) is 74.8 cm³/mol. The van der Waals surface area contributed by atoms with Crippen molar-refractivity contribution in [2.75, 3.05) is 0 Å². The third-order valence-corrected chi connectivity index (χ3v) is 3.69. The van der Waals surface area contributed by atoms with Crippen molar-refractivity contribution in [2.24, 2.45) is 11.8 Å². The van der Waals surface area contributed by atoms with Crippen LogP contribution in [0.1, 0.15) is 53.9 Å². The Balaban J connectivity index is 2.48. The highest BCUT2D eigenvalue weighted by Crippen LogP contribution is 2.27. The maximum atomic E-state index is 12.0. The average molecular weight is 269 g/mol. The minimum Gasteiger partial charge on any atom is -0.376 e. The molecule has 0 aromatic heterocycles. The molecule has 0 aromatic rings. The molecule has 1 N–H and O–H groups in total. The van der Waals surface area contributed by atoms with Gasteiger partial charge >= 0.3 is 0 Å². The van der Waals surface area contributed by atoms with Gasteiger partial charge in [-0.2, -0.15) is 0 Å². The lowest BCUT2D eigenvalue weighted by atomic mass is 9.89. The van der Waals surface area contributed by atoms with Gasteiger partial charge in [0, 0.05) is 6.42 Å². The van der Waals surface area contributed by atoms with Gasteiger partial charge in [-0.3, -0.25) is 9.59 Å². The Bertz CT molecular complexity index is 317. The van der Waals surface area contributed by atoms with E-state index in [1.807, 2.05) is 27.7 Å². The minimum atomic E-state index is -0.359. The van der Waals surface area contributed by atoms with Crippen LogP contribution < -0.4 is 5.32 Å². The van der Waals surface area contributed by atoms with Crippen molar-refractivity contribution in [3.63, 3.8) is 0 Å². The van der Waals surface area contributed by atoms with Crippen molar-refractivity contribution >= 4 is 11.7 Å². The molecule has 0 bridgehead atoms. The van der Waals surface area contributed by atoms with E-state index in [4.69, 9.17) is 4.74 Å². The Morgan fingerprint density at radius 2 is 1.74 bits per heavy atom. The molecule has 3 unspecified atom stereocenters. The van der Waals surface area contributed by atoms with Gasteiger partial charge in [0.1, 0.15) is 0 Å². The summed E-state index contributed by atoms with van der Waals surface area (Å²) < 4.78 is 5.67. The quantitative estimate of drug-likeness (QED) is 0.833. The molecule has 3 atom stereocenters. The third kappa shape index (κ3) is 5.31. The van der Waals surface area contributed by atoms with Crippen molar-refractivity contribution < 1.29 is 14.3 Å². The van der Waals surface area contributed by atoms with Crippen LogP contribution >= 0.6 is 0 Å². The lowest BCUT2D eigenvalue weighted by Gasteiger charge is -2.32. The molecule has 0 radical (unpaired) electrons. The molecule has 1 amide bonds. The SMILES string of the molecule is CC(=O)C(NC(=O)CC1CC(C)OC(C)C1)C(C)C. The summed E-state index contributed by atoms with van der Waals surface area (Å²) in [4.78, 5) is 23.5. The summed E-state index contributed by atoms with van der Waals surface area (Å²) in [6.45, 7) is 9.53. The second-order valence-corrected chi connectivity index (χ2v) is 6.20. The number of hydrogen-bond donors (Lipinski definition) is 1. The summed E-state index contributed by atoms with van der Waals surface area (Å²) in [6, 6.07) is -0.359. The number of carbonyl (C=O) groups excluding carboxylic acids is 2. The summed E-state index contributed by atoms with van der Waals surface area (Å²) in [5.41, 5.74) is 0. The molecule has 4 nitrogen and oxygen atoms in total. The van der Waals surface area contributed by atoms with Crippen LogP contribution in [0.25, 0.3) is 0 Å². The highest BCUT2D eigenvalue weighted by Gasteiger charge is 2.27. The molecule has 0 aliphatic carbocycles. The van der Waals surface area contributed by atoms with Gasteiger partial charge in [-0.05, 0) is 45.4 Å². The summed E-state index contributed by atoms with van der Waals surface area (Å²) in [7, 11) is 0. The van der Waals surface area contributed by atoms with E-state index >= 15 is 0 Å². The van der Waals surface area contributed by atoms with Crippen molar-refractivity contribution in [1.82, 2.24) is 5.32 Å². The number of ether oxygens (including phenoxy) is 1. The number of Topliss-reactive ketones (excluding diaryl/α,β-unsaturated/α-hetero) is 1. The van der Waals surface area contributed by atoms with Gasteiger partial charge in [0.25, 0.3) is 0 Å². The molecule has 19 heavy (non-hydrogen) atoms. The molecule has 1 rings (SSSR count). The maximum absolute atomic E-state index is 12.0. The Hall–Kier alpha value is -0.900. The van der Waals surface area contributed by atoms with Crippen molar-refractivity contribution in [3.05, 3.63) is 0 Å². The standard InChI is InChI=1S/C15H27NO3/c1-9(2)15(12(5)17)16-14(18)8-13-6-10(3)19-11(4)7-13/h9-11,13,15H,6-8H2,1-5H3,(H,16,18). The minimum absolute atomic E-state index is 0.0137. The van der Waals surface area contributed by atoms with E-state index in [1.165, 1.54) is 6.92 Å². The first kappa shape index (κ1) is 16.2. The highest BCUT2D eigenvalue weighted by atomic mass is 16.5. The second-order valence-electron chi connectivity index (χ2n) is 6.20. The fraction of sp³-hybridized carbons (Fsp3) is 0.867.